The van der Waals surface area contributed by atoms with E-state index >= 15 is 0 Å². The number of halogens is 3. The first kappa shape index (κ1) is 21.8. The molecular formula is C19H17F3N2O5S. The molecule has 1 fully saturated rings. The van der Waals surface area contributed by atoms with E-state index in [0.29, 0.717) is 0 Å². The van der Waals surface area contributed by atoms with Gasteiger partial charge in [-0.25, -0.2) is 8.42 Å². The van der Waals surface area contributed by atoms with Crippen LogP contribution in [0.4, 0.5) is 18.9 Å². The molecule has 0 saturated carbocycles. The molecule has 2 aromatic carbocycles. The largest absolute Gasteiger partial charge is 0.464 e. The summed E-state index contributed by atoms with van der Waals surface area (Å²) in [7, 11) is -3.98. The van der Waals surface area contributed by atoms with Crippen LogP contribution in [0.5, 0.6) is 0 Å². The molecule has 3 rings (SSSR count). The average Bonchev–Trinajstić information content (AvgIpc) is 3.05. The molecule has 7 nitrogen and oxygen atoms in total. The van der Waals surface area contributed by atoms with Crippen LogP contribution >= 0.6 is 0 Å². The van der Waals surface area contributed by atoms with E-state index in [0.717, 1.165) is 6.07 Å². The number of anilines is 1. The molecule has 1 atom stereocenters. The molecule has 0 aromatic heterocycles. The van der Waals surface area contributed by atoms with Gasteiger partial charge in [0.15, 0.2) is 0 Å². The Labute approximate surface area is 170 Å². The second-order valence-electron chi connectivity index (χ2n) is 6.53. The fraction of sp³-hybridized carbons (Fsp3) is 0.263. The number of carbonyl (C=O) groups excluding carboxylic acids is 2. The highest BCUT2D eigenvalue weighted by Gasteiger charge is 2.33. The van der Waals surface area contributed by atoms with E-state index in [4.69, 9.17) is 4.74 Å². The molecule has 2 N–H and O–H groups in total. The van der Waals surface area contributed by atoms with Crippen LogP contribution in [0.25, 0.3) is 0 Å². The maximum atomic E-state index is 13.0. The number of rotatable bonds is 6. The zero-order valence-corrected chi connectivity index (χ0v) is 16.2. The van der Waals surface area contributed by atoms with Gasteiger partial charge in [0.1, 0.15) is 6.04 Å². The van der Waals surface area contributed by atoms with Crippen LogP contribution in [0, 0.1) is 0 Å². The van der Waals surface area contributed by atoms with Crippen molar-refractivity contribution in [3.63, 3.8) is 0 Å². The molecule has 1 saturated heterocycles. The molecule has 2 aromatic rings. The van der Waals surface area contributed by atoms with E-state index in [9.17, 15) is 31.2 Å². The van der Waals surface area contributed by atoms with Gasteiger partial charge in [-0.15, -0.1) is 0 Å². The van der Waals surface area contributed by atoms with E-state index < -0.39 is 46.1 Å². The third-order valence-corrected chi connectivity index (χ3v) is 5.84. The Morgan fingerprint density at radius 2 is 1.77 bits per heavy atom. The number of nitrogens with one attached hydrogen (secondary N) is 2. The van der Waals surface area contributed by atoms with Crippen LogP contribution in [0.1, 0.15) is 17.5 Å². The van der Waals surface area contributed by atoms with Crippen LogP contribution in [0.15, 0.2) is 53.4 Å². The minimum absolute atomic E-state index is 0.133. The van der Waals surface area contributed by atoms with Gasteiger partial charge in [0.2, 0.25) is 15.9 Å². The quantitative estimate of drug-likeness (QED) is 0.670. The standard InChI is InChI=1S/C19H17F3N2O5S/c20-19(21,22)15-4-2-1-3-12(15)11-17(25)23-13-5-7-14(8-6-13)30(27,28)24-16-9-10-29-18(16)26/h1-8,16,24H,9-11H2,(H,23,25)/t16-/m0/s1. The van der Waals surface area contributed by atoms with Crippen molar-refractivity contribution < 1.29 is 35.9 Å². The molecule has 1 aliphatic rings. The van der Waals surface area contributed by atoms with Gasteiger partial charge in [-0.2, -0.15) is 17.9 Å². The van der Waals surface area contributed by atoms with Gasteiger partial charge in [0.25, 0.3) is 0 Å². The van der Waals surface area contributed by atoms with Gasteiger partial charge in [-0.1, -0.05) is 18.2 Å². The first-order valence-electron chi connectivity index (χ1n) is 8.80. The van der Waals surface area contributed by atoms with Gasteiger partial charge in [0, 0.05) is 12.1 Å². The van der Waals surface area contributed by atoms with E-state index in [1.54, 1.807) is 0 Å². The summed E-state index contributed by atoms with van der Waals surface area (Å²) in [6.07, 6.45) is -4.85. The van der Waals surface area contributed by atoms with Gasteiger partial charge in [0.05, 0.1) is 23.5 Å². The average molecular weight is 442 g/mol. The monoisotopic (exact) mass is 442 g/mol. The molecular weight excluding hydrogens is 425 g/mol. The van der Waals surface area contributed by atoms with Crippen molar-refractivity contribution >= 4 is 27.6 Å². The molecule has 0 aliphatic carbocycles. The molecule has 11 heteroatoms. The first-order chi connectivity index (χ1) is 14.1. The zero-order valence-electron chi connectivity index (χ0n) is 15.4. The molecule has 0 unspecified atom stereocenters. The normalized spacial score (nSPS) is 16.9. The highest BCUT2D eigenvalue weighted by atomic mass is 32.2. The number of hydrogen-bond acceptors (Lipinski definition) is 5. The number of carbonyl (C=O) groups is 2. The molecule has 0 bridgehead atoms. The van der Waals surface area contributed by atoms with E-state index in [1.807, 2.05) is 0 Å². The number of hydrogen-bond donors (Lipinski definition) is 2. The number of sulfonamides is 1. The van der Waals surface area contributed by atoms with Crippen LogP contribution < -0.4 is 10.0 Å². The lowest BCUT2D eigenvalue weighted by Gasteiger charge is -2.13. The first-order valence-corrected chi connectivity index (χ1v) is 10.3. The van der Waals surface area contributed by atoms with Crippen molar-refractivity contribution in [3.05, 3.63) is 59.7 Å². The van der Waals surface area contributed by atoms with Gasteiger partial charge < -0.3 is 10.1 Å². The van der Waals surface area contributed by atoms with Gasteiger partial charge in [-0.05, 0) is 35.9 Å². The van der Waals surface area contributed by atoms with Crippen molar-refractivity contribution in [2.24, 2.45) is 0 Å². The van der Waals surface area contributed by atoms with Crippen LogP contribution in [-0.4, -0.2) is 32.9 Å². The molecule has 1 amide bonds. The van der Waals surface area contributed by atoms with Crippen molar-refractivity contribution in [1.82, 2.24) is 4.72 Å². The Bertz CT molecular complexity index is 1050. The Kier molecular flexibility index (Phi) is 6.13. The lowest BCUT2D eigenvalue weighted by molar-refractivity contribution is -0.139. The summed E-state index contributed by atoms with van der Waals surface area (Å²) in [4.78, 5) is 23.4. The van der Waals surface area contributed by atoms with Crippen LogP contribution in [0.2, 0.25) is 0 Å². The van der Waals surface area contributed by atoms with Gasteiger partial charge in [-0.3, -0.25) is 9.59 Å². The predicted octanol–water partition coefficient (Wildman–Crippen LogP) is 2.48. The Morgan fingerprint density at radius 1 is 1.10 bits per heavy atom. The maximum Gasteiger partial charge on any atom is 0.416 e. The predicted molar refractivity (Wildman–Crippen MR) is 99.9 cm³/mol. The molecule has 1 aliphatic heterocycles. The summed E-state index contributed by atoms with van der Waals surface area (Å²) in [5, 5.41) is 2.43. The van der Waals surface area contributed by atoms with E-state index in [2.05, 4.69) is 10.0 Å². The number of esters is 1. The number of ether oxygens (including phenoxy) is 1. The second kappa shape index (κ2) is 8.44. The molecule has 0 spiro atoms. The maximum absolute atomic E-state index is 13.0. The number of benzene rings is 2. The Morgan fingerprint density at radius 3 is 2.37 bits per heavy atom. The second-order valence-corrected chi connectivity index (χ2v) is 8.25. The highest BCUT2D eigenvalue weighted by molar-refractivity contribution is 7.89. The lowest BCUT2D eigenvalue weighted by atomic mass is 10.0. The third-order valence-electron chi connectivity index (χ3n) is 4.35. The Balaban J connectivity index is 1.66. The molecule has 160 valence electrons. The topological polar surface area (TPSA) is 102 Å². The minimum Gasteiger partial charge on any atom is -0.464 e. The van der Waals surface area contributed by atoms with Crippen molar-refractivity contribution in [2.75, 3.05) is 11.9 Å². The van der Waals surface area contributed by atoms with Crippen LogP contribution in [-0.2, 0) is 36.9 Å². The smallest absolute Gasteiger partial charge is 0.416 e. The zero-order chi connectivity index (χ0) is 21.9. The van der Waals surface area contributed by atoms with E-state index in [1.165, 1.54) is 42.5 Å². The fourth-order valence-corrected chi connectivity index (χ4v) is 4.12. The van der Waals surface area contributed by atoms with Crippen molar-refractivity contribution in [1.29, 1.82) is 0 Å². The minimum atomic E-state index is -4.58. The fourth-order valence-electron chi connectivity index (χ4n) is 2.90. The number of alkyl halides is 3. The highest BCUT2D eigenvalue weighted by Crippen LogP contribution is 2.32. The lowest BCUT2D eigenvalue weighted by Crippen LogP contribution is -2.37. The van der Waals surface area contributed by atoms with E-state index in [-0.39, 0.29) is 29.2 Å². The third kappa shape index (κ3) is 5.16. The molecule has 0 radical (unpaired) electrons. The van der Waals surface area contributed by atoms with Crippen molar-refractivity contribution in [3.8, 4) is 0 Å². The number of cyclic esters (lactones) is 1. The summed E-state index contributed by atoms with van der Waals surface area (Å²) in [5.41, 5.74) is -0.851. The number of amides is 1. The summed E-state index contributed by atoms with van der Waals surface area (Å²) in [6.45, 7) is 0.133. The van der Waals surface area contributed by atoms with Gasteiger partial charge >= 0.3 is 12.1 Å². The Hall–Kier alpha value is -2.92. The van der Waals surface area contributed by atoms with Crippen molar-refractivity contribution in [2.45, 2.75) is 30.0 Å². The molecule has 1 heterocycles. The summed E-state index contributed by atoms with van der Waals surface area (Å²) in [6, 6.07) is 8.83. The van der Waals surface area contributed by atoms with Crippen LogP contribution in [0.3, 0.4) is 0 Å². The summed E-state index contributed by atoms with van der Waals surface area (Å²) >= 11 is 0. The molecule has 30 heavy (non-hydrogen) atoms. The summed E-state index contributed by atoms with van der Waals surface area (Å²) < 4.78 is 70.7. The summed E-state index contributed by atoms with van der Waals surface area (Å²) in [5.74, 6) is -1.34. The SMILES string of the molecule is O=C(Cc1ccccc1C(F)(F)F)Nc1ccc(S(=O)(=O)N[C@H]2CCOC2=O)cc1.